The van der Waals surface area contributed by atoms with Crippen LogP contribution in [0.4, 0.5) is 0 Å². The highest BCUT2D eigenvalue weighted by molar-refractivity contribution is 6.31. The average Bonchev–Trinajstić information content (AvgIpc) is 2.14. The van der Waals surface area contributed by atoms with Gasteiger partial charge in [0.2, 0.25) is 0 Å². The summed E-state index contributed by atoms with van der Waals surface area (Å²) in [6, 6.07) is 0. The third-order valence-electron chi connectivity index (χ3n) is 1.56. The lowest BCUT2D eigenvalue weighted by Gasteiger charge is -2.19. The first-order valence-corrected chi connectivity index (χ1v) is 5.01. The van der Waals surface area contributed by atoms with Gasteiger partial charge in [0.05, 0.1) is 7.11 Å². The van der Waals surface area contributed by atoms with Gasteiger partial charge in [-0.15, -0.1) is 0 Å². The van der Waals surface area contributed by atoms with E-state index in [2.05, 4.69) is 9.97 Å². The summed E-state index contributed by atoms with van der Waals surface area (Å²) < 4.78 is 10.1. The van der Waals surface area contributed by atoms with Crippen molar-refractivity contribution in [3.8, 4) is 5.75 Å². The molecule has 5 nitrogen and oxygen atoms in total. The lowest BCUT2D eigenvalue weighted by molar-refractivity contribution is 0.00592. The molecule has 1 aromatic heterocycles. The van der Waals surface area contributed by atoms with Crippen LogP contribution in [0.15, 0.2) is 6.33 Å². The number of hydrogen-bond acceptors (Lipinski definition) is 5. The second kappa shape index (κ2) is 4.65. The Labute approximate surface area is 98.8 Å². The second-order valence-corrected chi connectivity index (χ2v) is 4.41. The molecule has 6 heteroatoms. The number of ether oxygens (including phenoxy) is 2. The number of carbonyl (C=O) groups excluding carboxylic acids is 1. The van der Waals surface area contributed by atoms with Crippen LogP contribution >= 0.6 is 11.6 Å². The predicted molar refractivity (Wildman–Crippen MR) is 58.8 cm³/mol. The Morgan fingerprint density at radius 1 is 1.38 bits per heavy atom. The molecule has 0 amide bonds. The molecule has 0 aliphatic carbocycles. The summed E-state index contributed by atoms with van der Waals surface area (Å²) in [5, 5.41) is 0.0818. The first-order chi connectivity index (χ1) is 7.35. The maximum atomic E-state index is 11.7. The van der Waals surface area contributed by atoms with E-state index in [-0.39, 0.29) is 16.6 Å². The van der Waals surface area contributed by atoms with Crippen LogP contribution in [0, 0.1) is 0 Å². The van der Waals surface area contributed by atoms with E-state index in [1.807, 2.05) is 0 Å². The third-order valence-corrected chi connectivity index (χ3v) is 1.83. The van der Waals surface area contributed by atoms with Gasteiger partial charge in [-0.2, -0.15) is 0 Å². The minimum absolute atomic E-state index is 0.0254. The van der Waals surface area contributed by atoms with Crippen molar-refractivity contribution in [2.24, 2.45) is 0 Å². The number of carbonyl (C=O) groups is 1. The van der Waals surface area contributed by atoms with Crippen molar-refractivity contribution in [2.75, 3.05) is 7.11 Å². The summed E-state index contributed by atoms with van der Waals surface area (Å²) in [6.45, 7) is 5.29. The number of methoxy groups -OCH3 is 1. The van der Waals surface area contributed by atoms with Crippen molar-refractivity contribution >= 4 is 17.6 Å². The van der Waals surface area contributed by atoms with Gasteiger partial charge >= 0.3 is 5.97 Å². The number of esters is 1. The number of rotatable bonds is 2. The van der Waals surface area contributed by atoms with Crippen LogP contribution in [-0.2, 0) is 4.74 Å². The monoisotopic (exact) mass is 244 g/mol. The zero-order valence-corrected chi connectivity index (χ0v) is 10.3. The summed E-state index contributed by atoms with van der Waals surface area (Å²) in [5.41, 5.74) is -0.572. The Hall–Kier alpha value is -1.36. The average molecular weight is 245 g/mol. The summed E-state index contributed by atoms with van der Waals surface area (Å²) in [4.78, 5) is 19.3. The summed E-state index contributed by atoms with van der Waals surface area (Å²) >= 11 is 5.76. The van der Waals surface area contributed by atoms with Crippen molar-refractivity contribution in [2.45, 2.75) is 26.4 Å². The van der Waals surface area contributed by atoms with E-state index >= 15 is 0 Å². The molecule has 0 unspecified atom stereocenters. The molecule has 0 aliphatic rings. The predicted octanol–water partition coefficient (Wildman–Crippen LogP) is 2.09. The van der Waals surface area contributed by atoms with Gasteiger partial charge < -0.3 is 9.47 Å². The van der Waals surface area contributed by atoms with Gasteiger partial charge in [-0.05, 0) is 20.8 Å². The highest BCUT2D eigenvalue weighted by Gasteiger charge is 2.24. The van der Waals surface area contributed by atoms with Gasteiger partial charge in [-0.25, -0.2) is 14.8 Å². The van der Waals surface area contributed by atoms with Crippen LogP contribution in [-0.4, -0.2) is 28.6 Å². The van der Waals surface area contributed by atoms with Crippen molar-refractivity contribution in [3.63, 3.8) is 0 Å². The van der Waals surface area contributed by atoms with Crippen LogP contribution in [0.1, 0.15) is 31.3 Å². The van der Waals surface area contributed by atoms with Crippen molar-refractivity contribution in [1.82, 2.24) is 9.97 Å². The minimum Gasteiger partial charge on any atom is -0.491 e. The fraction of sp³-hybridized carbons (Fsp3) is 0.500. The van der Waals surface area contributed by atoms with E-state index in [0.717, 1.165) is 0 Å². The molecule has 0 aromatic carbocycles. The van der Waals surface area contributed by atoms with Gasteiger partial charge in [0.15, 0.2) is 16.6 Å². The Balaban J connectivity index is 3.04. The van der Waals surface area contributed by atoms with Crippen LogP contribution in [0.5, 0.6) is 5.75 Å². The molecular weight excluding hydrogens is 232 g/mol. The fourth-order valence-electron chi connectivity index (χ4n) is 1.00. The first kappa shape index (κ1) is 12.7. The summed E-state index contributed by atoms with van der Waals surface area (Å²) in [6.07, 6.45) is 1.18. The van der Waals surface area contributed by atoms with E-state index in [9.17, 15) is 4.79 Å². The molecular formula is C10H13ClN2O3. The molecule has 88 valence electrons. The van der Waals surface area contributed by atoms with Crippen LogP contribution in [0.3, 0.4) is 0 Å². The number of nitrogens with zero attached hydrogens (tertiary/aromatic N) is 2. The molecule has 0 bridgehead atoms. The number of aromatic nitrogens is 2. The maximum absolute atomic E-state index is 11.7. The molecule has 0 aliphatic heterocycles. The first-order valence-electron chi connectivity index (χ1n) is 4.63. The standard InChI is InChI=1S/C10H13ClN2O3/c1-10(2,3)16-9(14)6-7(15-4)8(11)13-5-12-6/h5H,1-4H3. The molecule has 0 radical (unpaired) electrons. The third kappa shape index (κ3) is 3.06. The van der Waals surface area contributed by atoms with Crippen molar-refractivity contribution < 1.29 is 14.3 Å². The quantitative estimate of drug-likeness (QED) is 0.589. The lowest BCUT2D eigenvalue weighted by atomic mass is 10.2. The molecule has 0 fully saturated rings. The molecule has 1 aromatic rings. The zero-order valence-electron chi connectivity index (χ0n) is 9.57. The Bertz CT molecular complexity index is 402. The van der Waals surface area contributed by atoms with Gasteiger partial charge in [-0.1, -0.05) is 11.6 Å². The minimum atomic E-state index is -0.598. The topological polar surface area (TPSA) is 61.3 Å². The van der Waals surface area contributed by atoms with Crippen LogP contribution in [0.25, 0.3) is 0 Å². The molecule has 16 heavy (non-hydrogen) atoms. The van der Waals surface area contributed by atoms with Crippen LogP contribution in [0.2, 0.25) is 5.15 Å². The number of halogens is 1. The Morgan fingerprint density at radius 3 is 2.50 bits per heavy atom. The van der Waals surface area contributed by atoms with Crippen LogP contribution < -0.4 is 4.74 Å². The van der Waals surface area contributed by atoms with E-state index in [0.29, 0.717) is 0 Å². The fourth-order valence-corrected chi connectivity index (χ4v) is 1.22. The molecule has 0 N–H and O–H groups in total. The van der Waals surface area contributed by atoms with Gasteiger partial charge in [0.1, 0.15) is 11.9 Å². The summed E-state index contributed by atoms with van der Waals surface area (Å²) in [5.74, 6) is -0.466. The van der Waals surface area contributed by atoms with E-state index in [4.69, 9.17) is 21.1 Å². The SMILES string of the molecule is COc1c(Cl)ncnc1C(=O)OC(C)(C)C. The largest absolute Gasteiger partial charge is 0.491 e. The van der Waals surface area contributed by atoms with E-state index in [1.165, 1.54) is 13.4 Å². The van der Waals surface area contributed by atoms with Crippen molar-refractivity contribution in [1.29, 1.82) is 0 Å². The molecule has 1 heterocycles. The zero-order chi connectivity index (χ0) is 12.3. The van der Waals surface area contributed by atoms with E-state index < -0.39 is 11.6 Å². The maximum Gasteiger partial charge on any atom is 0.361 e. The Morgan fingerprint density at radius 2 is 2.00 bits per heavy atom. The number of hydrogen-bond donors (Lipinski definition) is 0. The molecule has 1 rings (SSSR count). The van der Waals surface area contributed by atoms with Gasteiger partial charge in [0, 0.05) is 0 Å². The second-order valence-electron chi connectivity index (χ2n) is 4.05. The highest BCUT2D eigenvalue weighted by Crippen LogP contribution is 2.25. The van der Waals surface area contributed by atoms with Gasteiger partial charge in [-0.3, -0.25) is 0 Å². The Kier molecular flexibility index (Phi) is 3.70. The smallest absolute Gasteiger partial charge is 0.361 e. The molecule has 0 saturated carbocycles. The van der Waals surface area contributed by atoms with Crippen molar-refractivity contribution in [3.05, 3.63) is 17.2 Å². The molecule has 0 atom stereocenters. The molecule has 0 spiro atoms. The normalized spacial score (nSPS) is 11.1. The lowest BCUT2D eigenvalue weighted by Crippen LogP contribution is -2.25. The highest BCUT2D eigenvalue weighted by atomic mass is 35.5. The molecule has 0 saturated heterocycles. The van der Waals surface area contributed by atoms with E-state index in [1.54, 1.807) is 20.8 Å². The van der Waals surface area contributed by atoms with Gasteiger partial charge in [0.25, 0.3) is 0 Å². The summed E-state index contributed by atoms with van der Waals surface area (Å²) in [7, 11) is 1.39.